The van der Waals surface area contributed by atoms with Crippen molar-refractivity contribution in [3.8, 4) is 0 Å². The molecule has 2 aliphatic heterocycles. The summed E-state index contributed by atoms with van der Waals surface area (Å²) in [4.78, 5) is 5.67. The van der Waals surface area contributed by atoms with E-state index in [0.717, 1.165) is 0 Å². The first-order valence-corrected chi connectivity index (χ1v) is 29.5. The molecule has 69 heavy (non-hydrogen) atoms. The van der Waals surface area contributed by atoms with Crippen molar-refractivity contribution in [3.05, 3.63) is 124 Å². The smallest absolute Gasteiger partial charge is 0.252 e. The van der Waals surface area contributed by atoms with Crippen LogP contribution in [0.5, 0.6) is 0 Å². The van der Waals surface area contributed by atoms with Crippen molar-refractivity contribution in [2.24, 2.45) is 0 Å². The first kappa shape index (κ1) is 44.7. The summed E-state index contributed by atoms with van der Waals surface area (Å²) in [5, 5.41) is 0. The Bertz CT molecular complexity index is 2360. The van der Waals surface area contributed by atoms with Gasteiger partial charge in [0.25, 0.3) is 6.71 Å². The normalized spacial score (nSPS) is 22.3. The van der Waals surface area contributed by atoms with Crippen molar-refractivity contribution in [3.63, 3.8) is 0 Å². The molecule has 5 aromatic rings. The Morgan fingerprint density at radius 2 is 0.565 bits per heavy atom. The lowest BCUT2D eigenvalue weighted by Gasteiger charge is -2.45. The maximum atomic E-state index is 2.83. The maximum absolute atomic E-state index is 2.83. The molecule has 0 bridgehead atoms. The summed E-state index contributed by atoms with van der Waals surface area (Å²) in [6.07, 6.45) is 40.9. The topological polar surface area (TPSA) is 6.48 Å². The van der Waals surface area contributed by atoms with Gasteiger partial charge in [-0.05, 0) is 211 Å². The van der Waals surface area contributed by atoms with Crippen LogP contribution in [-0.2, 0) is 0 Å². The summed E-state index contributed by atoms with van der Waals surface area (Å²) in [5.41, 5.74) is 22.8. The molecule has 6 saturated carbocycles. The average Bonchev–Trinajstić information content (AvgIpc) is 3.44. The van der Waals surface area contributed by atoms with Crippen LogP contribution in [-0.4, -0.2) is 6.71 Å². The highest BCUT2D eigenvalue weighted by Crippen LogP contribution is 2.50. The van der Waals surface area contributed by atoms with Crippen molar-refractivity contribution >= 4 is 57.2 Å². The third-order valence-electron chi connectivity index (χ3n) is 19.9. The predicted octanol–water partition coefficient (Wildman–Crippen LogP) is 18.1. The van der Waals surface area contributed by atoms with Crippen LogP contribution in [0.1, 0.15) is 262 Å². The fourth-order valence-electron chi connectivity index (χ4n) is 16.2. The molecular weight excluding hydrogens is 832 g/mol. The minimum atomic E-state index is 0.188. The zero-order chi connectivity index (χ0) is 45.7. The first-order chi connectivity index (χ1) is 34.2. The van der Waals surface area contributed by atoms with E-state index in [1.807, 2.05) is 0 Å². The molecule has 0 spiro atoms. The summed E-state index contributed by atoms with van der Waals surface area (Å²) >= 11 is 0. The van der Waals surface area contributed by atoms with Crippen LogP contribution in [0.4, 0.5) is 34.1 Å². The monoisotopic (exact) mass is 913 g/mol. The summed E-state index contributed by atoms with van der Waals surface area (Å²) in [7, 11) is 0. The molecule has 0 radical (unpaired) electrons. The van der Waals surface area contributed by atoms with E-state index in [1.54, 1.807) is 33.4 Å². The van der Waals surface area contributed by atoms with Gasteiger partial charge in [-0.3, -0.25) is 0 Å². The second-order valence-corrected chi connectivity index (χ2v) is 24.2. The van der Waals surface area contributed by atoms with Gasteiger partial charge in [0, 0.05) is 34.1 Å². The number of hydrogen-bond donors (Lipinski definition) is 0. The van der Waals surface area contributed by atoms with E-state index in [2.05, 4.69) is 101 Å². The molecule has 0 aromatic heterocycles. The van der Waals surface area contributed by atoms with Crippen LogP contribution in [0.2, 0.25) is 0 Å². The van der Waals surface area contributed by atoms with Gasteiger partial charge in [0.15, 0.2) is 0 Å². The lowest BCUT2D eigenvalue weighted by Crippen LogP contribution is -2.61. The van der Waals surface area contributed by atoms with E-state index in [-0.39, 0.29) is 6.71 Å². The van der Waals surface area contributed by atoms with Crippen molar-refractivity contribution in [2.45, 2.75) is 228 Å². The minimum Gasteiger partial charge on any atom is -0.311 e. The van der Waals surface area contributed by atoms with Crippen LogP contribution < -0.4 is 26.2 Å². The molecule has 0 unspecified atom stereocenters. The van der Waals surface area contributed by atoms with Gasteiger partial charge in [-0.15, -0.1) is 0 Å². The zero-order valence-electron chi connectivity index (χ0n) is 42.3. The Balaban J connectivity index is 1.04. The number of rotatable bonds is 8. The van der Waals surface area contributed by atoms with Gasteiger partial charge in [0.2, 0.25) is 0 Å². The van der Waals surface area contributed by atoms with Gasteiger partial charge in [-0.1, -0.05) is 158 Å². The van der Waals surface area contributed by atoms with Gasteiger partial charge < -0.3 is 9.80 Å². The third kappa shape index (κ3) is 8.64. The minimum absolute atomic E-state index is 0.188. The van der Waals surface area contributed by atoms with Crippen molar-refractivity contribution in [1.82, 2.24) is 0 Å². The Hall–Kier alpha value is -4.24. The van der Waals surface area contributed by atoms with Gasteiger partial charge in [0.1, 0.15) is 0 Å². The summed E-state index contributed by atoms with van der Waals surface area (Å²) in [6, 6.07) is 39.7. The zero-order valence-corrected chi connectivity index (χ0v) is 42.3. The van der Waals surface area contributed by atoms with E-state index < -0.39 is 0 Å². The number of hydrogen-bond acceptors (Lipinski definition) is 2. The molecular formula is C66H81BN2. The van der Waals surface area contributed by atoms with Gasteiger partial charge in [-0.25, -0.2) is 0 Å². The fraction of sp³-hybridized carbons (Fsp3) is 0.545. The fourth-order valence-corrected chi connectivity index (χ4v) is 16.2. The summed E-state index contributed by atoms with van der Waals surface area (Å²) in [6.45, 7) is 0.188. The highest BCUT2D eigenvalue weighted by Gasteiger charge is 2.44. The van der Waals surface area contributed by atoms with Crippen LogP contribution in [0.15, 0.2) is 91.0 Å². The van der Waals surface area contributed by atoms with E-state index in [4.69, 9.17) is 0 Å². The highest BCUT2D eigenvalue weighted by molar-refractivity contribution is 7.00. The number of anilines is 6. The van der Waals surface area contributed by atoms with Crippen LogP contribution in [0.3, 0.4) is 0 Å². The van der Waals surface area contributed by atoms with Crippen molar-refractivity contribution in [2.75, 3.05) is 9.80 Å². The average molecular weight is 913 g/mol. The van der Waals surface area contributed by atoms with E-state index in [9.17, 15) is 0 Å². The molecule has 0 N–H and O–H groups in total. The molecule has 3 heteroatoms. The van der Waals surface area contributed by atoms with Crippen LogP contribution in [0, 0.1) is 0 Å². The lowest BCUT2D eigenvalue weighted by molar-refractivity contribution is 0.435. The molecule has 2 nitrogen and oxygen atoms in total. The standard InChI is InChI=1S/C66H81BN2/c1-7-20-46(21-8-1)52-34-36-60-64(44-52)68(58-40-54(48-24-11-3-12-25-48)38-55(41-58)49-26-13-4-14-27-49)62-32-19-33-63-66(62)67(60)61-37-35-53(47-22-9-2-10-23-47)45-65(61)69(63)59-42-56(50-28-15-5-16-29-50)39-57(43-59)51-30-17-6-18-31-51/h19,32-51H,1-18,20-31H2. The number of nitrogens with zero attached hydrogens (tertiary/aromatic N) is 2. The second-order valence-electron chi connectivity index (χ2n) is 24.2. The molecule has 0 saturated heterocycles. The molecule has 5 aromatic carbocycles. The largest absolute Gasteiger partial charge is 0.311 e. The van der Waals surface area contributed by atoms with Crippen molar-refractivity contribution in [1.29, 1.82) is 0 Å². The predicted molar refractivity (Wildman–Crippen MR) is 295 cm³/mol. The molecule has 2 heterocycles. The second kappa shape index (κ2) is 19.8. The molecule has 0 atom stereocenters. The molecule has 6 fully saturated rings. The van der Waals surface area contributed by atoms with Gasteiger partial charge in [-0.2, -0.15) is 0 Å². The Kier molecular flexibility index (Phi) is 12.8. The van der Waals surface area contributed by atoms with E-state index in [1.165, 1.54) is 243 Å². The third-order valence-corrected chi connectivity index (χ3v) is 19.9. The van der Waals surface area contributed by atoms with Crippen LogP contribution in [0.25, 0.3) is 0 Å². The van der Waals surface area contributed by atoms with Gasteiger partial charge >= 0.3 is 0 Å². The SMILES string of the molecule is c1cc2c3c(c1)N(c1cc(C4CCCCC4)cc(C4CCCCC4)c1)c1cc(C4CCCCC4)ccc1B3c1ccc(C3CCCCC3)cc1N2c1cc(C2CCCCC2)cc(C2CCCCC2)c1. The Morgan fingerprint density at radius 1 is 0.275 bits per heavy atom. The van der Waals surface area contributed by atoms with Gasteiger partial charge in [0.05, 0.1) is 0 Å². The molecule has 8 aliphatic rings. The number of benzene rings is 5. The molecule has 6 aliphatic carbocycles. The Morgan fingerprint density at radius 3 is 0.870 bits per heavy atom. The first-order valence-electron chi connectivity index (χ1n) is 29.5. The molecule has 13 rings (SSSR count). The lowest BCUT2D eigenvalue weighted by atomic mass is 9.33. The molecule has 358 valence electrons. The van der Waals surface area contributed by atoms with Crippen molar-refractivity contribution < 1.29 is 0 Å². The Labute approximate surface area is 417 Å². The molecule has 0 amide bonds. The van der Waals surface area contributed by atoms with Crippen LogP contribution >= 0.6 is 0 Å². The maximum Gasteiger partial charge on any atom is 0.252 e. The summed E-state index contributed by atoms with van der Waals surface area (Å²) in [5.74, 6) is 4.01. The number of fused-ring (bicyclic) bond motifs is 4. The highest BCUT2D eigenvalue weighted by atomic mass is 15.2. The van der Waals surface area contributed by atoms with E-state index >= 15 is 0 Å². The quantitative estimate of drug-likeness (QED) is 0.140. The summed E-state index contributed by atoms with van der Waals surface area (Å²) < 4.78 is 0. The van der Waals surface area contributed by atoms with E-state index in [0.29, 0.717) is 35.5 Å².